The van der Waals surface area contributed by atoms with Crippen LogP contribution in [0.1, 0.15) is 34.9 Å². The van der Waals surface area contributed by atoms with Crippen LogP contribution in [0.3, 0.4) is 0 Å². The molecule has 0 spiro atoms. The third-order valence-electron chi connectivity index (χ3n) is 4.63. The molecule has 3 heterocycles. The van der Waals surface area contributed by atoms with E-state index in [1.807, 2.05) is 17.9 Å². The molecule has 1 N–H and O–H groups in total. The van der Waals surface area contributed by atoms with Gasteiger partial charge in [0.1, 0.15) is 11.9 Å². The maximum absolute atomic E-state index is 13.1. The molecule has 0 radical (unpaired) electrons. The van der Waals surface area contributed by atoms with E-state index in [-0.39, 0.29) is 5.56 Å². The molecule has 2 aromatic rings. The van der Waals surface area contributed by atoms with E-state index in [4.69, 9.17) is 5.26 Å². The summed E-state index contributed by atoms with van der Waals surface area (Å²) in [5.74, 6) is 0.683. The molecule has 0 aromatic carbocycles. The number of pyridine rings is 2. The lowest BCUT2D eigenvalue weighted by Gasteiger charge is -2.32. The first-order valence-electron chi connectivity index (χ1n) is 8.02. The normalized spacial score (nSPS) is 16.6. The summed E-state index contributed by atoms with van der Waals surface area (Å²) in [6, 6.07) is 5.11. The number of rotatable bonds is 2. The lowest BCUT2D eigenvalue weighted by Crippen LogP contribution is -2.40. The van der Waals surface area contributed by atoms with Crippen molar-refractivity contribution in [2.24, 2.45) is 0 Å². The Morgan fingerprint density at radius 3 is 2.58 bits per heavy atom. The molecule has 2 aromatic heterocycles. The van der Waals surface area contributed by atoms with E-state index >= 15 is 0 Å². The molecule has 1 aliphatic rings. The minimum absolute atomic E-state index is 0.282. The predicted molar refractivity (Wildman–Crippen MR) is 88.3 cm³/mol. The van der Waals surface area contributed by atoms with Crippen molar-refractivity contribution in [3.05, 3.63) is 52.5 Å². The van der Waals surface area contributed by atoms with E-state index in [1.54, 1.807) is 6.07 Å². The molecule has 0 fully saturated rings. The van der Waals surface area contributed by atoms with Crippen molar-refractivity contribution < 1.29 is 18.3 Å². The fraction of sp³-hybridized carbons (Fsp3) is 0.389. The number of alkyl halides is 3. The minimum atomic E-state index is -4.79. The molecule has 8 heteroatoms. The number of hydrogen-bond donors (Lipinski definition) is 1. The molecule has 0 bridgehead atoms. The molecule has 3 rings (SSSR count). The van der Waals surface area contributed by atoms with Crippen LogP contribution in [0.25, 0.3) is 0 Å². The van der Waals surface area contributed by atoms with Crippen LogP contribution in [0.15, 0.2) is 24.5 Å². The van der Waals surface area contributed by atoms with Crippen molar-refractivity contribution in [1.82, 2.24) is 9.97 Å². The van der Waals surface area contributed by atoms with E-state index in [0.29, 0.717) is 42.1 Å². The highest BCUT2D eigenvalue weighted by molar-refractivity contribution is 5.51. The predicted octanol–water partition coefficient (Wildman–Crippen LogP) is 2.99. The van der Waals surface area contributed by atoms with Crippen LogP contribution < -0.4 is 4.90 Å². The molecule has 0 saturated heterocycles. The summed E-state index contributed by atoms with van der Waals surface area (Å²) in [5.41, 5.74) is -0.624. The second-order valence-electron chi connectivity index (χ2n) is 6.55. The van der Waals surface area contributed by atoms with Gasteiger partial charge >= 0.3 is 6.18 Å². The monoisotopic (exact) mass is 362 g/mol. The fourth-order valence-electron chi connectivity index (χ4n) is 3.00. The average Bonchev–Trinajstić information content (AvgIpc) is 2.59. The van der Waals surface area contributed by atoms with Gasteiger partial charge in [-0.05, 0) is 37.1 Å². The molecule has 1 unspecified atom stereocenters. The van der Waals surface area contributed by atoms with Crippen molar-refractivity contribution in [3.8, 4) is 6.07 Å². The van der Waals surface area contributed by atoms with Crippen LogP contribution >= 0.6 is 0 Å². The van der Waals surface area contributed by atoms with Crippen LogP contribution in [-0.4, -0.2) is 27.8 Å². The number of halogens is 3. The number of aromatic nitrogens is 2. The number of aliphatic hydroxyl groups is 1. The number of hydrogen-bond acceptors (Lipinski definition) is 5. The van der Waals surface area contributed by atoms with Gasteiger partial charge in [-0.15, -0.1) is 0 Å². The quantitative estimate of drug-likeness (QED) is 0.889. The van der Waals surface area contributed by atoms with Gasteiger partial charge in [-0.2, -0.15) is 18.4 Å². The van der Waals surface area contributed by atoms with Gasteiger partial charge < -0.3 is 10.0 Å². The molecule has 0 aliphatic carbocycles. The Hall–Kier alpha value is -2.66. The van der Waals surface area contributed by atoms with Crippen molar-refractivity contribution in [2.75, 3.05) is 11.4 Å². The zero-order valence-corrected chi connectivity index (χ0v) is 14.3. The number of nitrogens with zero attached hydrogens (tertiary/aromatic N) is 4. The van der Waals surface area contributed by atoms with E-state index in [9.17, 15) is 18.3 Å². The van der Waals surface area contributed by atoms with Crippen molar-refractivity contribution in [3.63, 3.8) is 0 Å². The molecule has 5 nitrogen and oxygen atoms in total. The van der Waals surface area contributed by atoms with E-state index in [1.165, 1.54) is 12.3 Å². The second-order valence-corrected chi connectivity index (χ2v) is 6.55. The largest absolute Gasteiger partial charge is 0.421 e. The smallest absolute Gasteiger partial charge is 0.376 e. The van der Waals surface area contributed by atoms with Crippen molar-refractivity contribution >= 4 is 5.82 Å². The zero-order valence-electron chi connectivity index (χ0n) is 14.3. The first-order chi connectivity index (χ1) is 12.1. The minimum Gasteiger partial charge on any atom is -0.376 e. The SMILES string of the molecule is Cc1cc(C#N)cnc1N1CCc2ncc(C(C)(O)C(F)(F)F)cc2C1. The van der Waals surface area contributed by atoms with E-state index in [0.717, 1.165) is 18.7 Å². The Balaban J connectivity index is 1.93. The van der Waals surface area contributed by atoms with E-state index in [2.05, 4.69) is 9.97 Å². The van der Waals surface area contributed by atoms with Crippen LogP contribution in [0.2, 0.25) is 0 Å². The maximum atomic E-state index is 13.1. The Labute approximate surface area is 148 Å². The second kappa shape index (κ2) is 6.25. The summed E-state index contributed by atoms with van der Waals surface area (Å²) in [7, 11) is 0. The fourth-order valence-corrected chi connectivity index (χ4v) is 3.00. The summed E-state index contributed by atoms with van der Waals surface area (Å²) < 4.78 is 39.3. The van der Waals surface area contributed by atoms with Crippen molar-refractivity contribution in [2.45, 2.75) is 38.6 Å². The highest BCUT2D eigenvalue weighted by Crippen LogP contribution is 2.39. The van der Waals surface area contributed by atoms with Gasteiger partial charge in [-0.1, -0.05) is 0 Å². The van der Waals surface area contributed by atoms with Gasteiger partial charge in [-0.25, -0.2) is 4.98 Å². The average molecular weight is 362 g/mol. The lowest BCUT2D eigenvalue weighted by atomic mass is 9.93. The van der Waals surface area contributed by atoms with Gasteiger partial charge in [0.2, 0.25) is 0 Å². The molecule has 1 atom stereocenters. The summed E-state index contributed by atoms with van der Waals surface area (Å²) in [5, 5.41) is 18.8. The summed E-state index contributed by atoms with van der Waals surface area (Å²) in [4.78, 5) is 10.4. The number of aryl methyl sites for hydroxylation is 1. The van der Waals surface area contributed by atoms with Gasteiger partial charge in [0.25, 0.3) is 0 Å². The summed E-state index contributed by atoms with van der Waals surface area (Å²) >= 11 is 0. The number of fused-ring (bicyclic) bond motifs is 1. The molecule has 0 amide bonds. The maximum Gasteiger partial charge on any atom is 0.421 e. The number of anilines is 1. The first kappa shape index (κ1) is 18.1. The lowest BCUT2D eigenvalue weighted by molar-refractivity contribution is -0.259. The van der Waals surface area contributed by atoms with Crippen molar-refractivity contribution in [1.29, 1.82) is 5.26 Å². The molecular formula is C18H17F3N4O. The standard InChI is InChI=1S/C18H17F3N4O/c1-11-5-12(7-22)8-24-16(11)25-4-3-15-13(10-25)6-14(9-23-15)17(2,26)18(19,20)21/h5-6,8-9,26H,3-4,10H2,1-2H3. The molecule has 26 heavy (non-hydrogen) atoms. The van der Waals surface area contributed by atoms with E-state index < -0.39 is 11.8 Å². The van der Waals surface area contributed by atoms with Gasteiger partial charge in [-0.3, -0.25) is 4.98 Å². The third kappa shape index (κ3) is 3.10. The van der Waals surface area contributed by atoms with Crippen LogP contribution in [0.5, 0.6) is 0 Å². The third-order valence-corrected chi connectivity index (χ3v) is 4.63. The Morgan fingerprint density at radius 2 is 1.96 bits per heavy atom. The Morgan fingerprint density at radius 1 is 1.23 bits per heavy atom. The molecule has 136 valence electrons. The van der Waals surface area contributed by atoms with Crippen LogP contribution in [-0.2, 0) is 18.6 Å². The molecular weight excluding hydrogens is 345 g/mol. The Bertz CT molecular complexity index is 887. The molecule has 0 saturated carbocycles. The highest BCUT2D eigenvalue weighted by atomic mass is 19.4. The van der Waals surface area contributed by atoms with Gasteiger partial charge in [0.05, 0.1) is 5.56 Å². The molecule has 1 aliphatic heterocycles. The van der Waals surface area contributed by atoms with Gasteiger partial charge in [0.15, 0.2) is 5.60 Å². The van der Waals surface area contributed by atoms with Gasteiger partial charge in [0, 0.05) is 43.2 Å². The van der Waals surface area contributed by atoms with Crippen LogP contribution in [0.4, 0.5) is 19.0 Å². The number of nitriles is 1. The first-order valence-corrected chi connectivity index (χ1v) is 8.02. The zero-order chi connectivity index (χ0) is 19.1. The highest BCUT2D eigenvalue weighted by Gasteiger charge is 2.51. The van der Waals surface area contributed by atoms with Crippen LogP contribution in [0, 0.1) is 18.3 Å². The Kier molecular flexibility index (Phi) is 4.36. The summed E-state index contributed by atoms with van der Waals surface area (Å²) in [6.45, 7) is 3.52. The topological polar surface area (TPSA) is 73.0 Å². The summed E-state index contributed by atoms with van der Waals surface area (Å²) in [6.07, 6.45) is -1.67.